The van der Waals surface area contributed by atoms with E-state index in [0.29, 0.717) is 11.8 Å². The minimum Gasteiger partial charge on any atom is -0.504 e. The second-order valence-corrected chi connectivity index (χ2v) is 6.79. The van der Waals surface area contributed by atoms with E-state index in [-0.39, 0.29) is 5.75 Å². The zero-order valence-electron chi connectivity index (χ0n) is 13.6. The number of nitrogens with zero attached hydrogens (tertiary/aromatic N) is 3. The van der Waals surface area contributed by atoms with E-state index in [1.807, 2.05) is 23.7 Å². The smallest absolute Gasteiger partial charge is 0.160 e. The number of hydrogen-bond acceptors (Lipinski definition) is 6. The molecule has 0 aliphatic carbocycles. The number of phenols is 1. The van der Waals surface area contributed by atoms with Crippen LogP contribution in [0, 0.1) is 0 Å². The number of rotatable bonds is 5. The average Bonchev–Trinajstić information content (AvgIpc) is 3.11. The van der Waals surface area contributed by atoms with Crippen molar-refractivity contribution < 1.29 is 9.84 Å². The molecule has 6 heteroatoms. The highest BCUT2D eigenvalue weighted by Crippen LogP contribution is 2.27. The molecular formula is C17H23N3O2S. The van der Waals surface area contributed by atoms with Crippen molar-refractivity contribution in [1.29, 1.82) is 0 Å². The van der Waals surface area contributed by atoms with E-state index in [4.69, 9.17) is 4.74 Å². The molecule has 0 spiro atoms. The van der Waals surface area contributed by atoms with Gasteiger partial charge in [-0.3, -0.25) is 9.80 Å². The fourth-order valence-electron chi connectivity index (χ4n) is 2.98. The molecule has 1 N–H and O–H groups in total. The summed E-state index contributed by atoms with van der Waals surface area (Å²) >= 11 is 1.73. The van der Waals surface area contributed by atoms with E-state index in [2.05, 4.69) is 21.7 Å². The highest BCUT2D eigenvalue weighted by Gasteiger charge is 2.23. The number of aromatic hydroxyl groups is 1. The van der Waals surface area contributed by atoms with Crippen molar-refractivity contribution in [3.05, 3.63) is 40.3 Å². The molecular weight excluding hydrogens is 310 g/mol. The topological polar surface area (TPSA) is 48.8 Å². The summed E-state index contributed by atoms with van der Waals surface area (Å²) in [5.41, 5.74) is 1.17. The summed E-state index contributed by atoms with van der Waals surface area (Å²) in [6.07, 6.45) is 1.88. The van der Waals surface area contributed by atoms with Crippen LogP contribution in [-0.2, 0) is 6.54 Å². The first-order chi connectivity index (χ1) is 11.2. The lowest BCUT2D eigenvalue weighted by atomic mass is 10.1. The van der Waals surface area contributed by atoms with Gasteiger partial charge in [0.25, 0.3) is 0 Å². The maximum absolute atomic E-state index is 9.68. The number of benzene rings is 1. The van der Waals surface area contributed by atoms with Crippen LogP contribution in [0.25, 0.3) is 0 Å². The quantitative estimate of drug-likeness (QED) is 0.912. The molecule has 0 bridgehead atoms. The predicted octanol–water partition coefficient (Wildman–Crippen LogP) is 2.74. The SMILES string of the molecule is COc1cc(CN2CCN([C@@H](C)c3nccs3)CC2)ccc1O. The van der Waals surface area contributed by atoms with Gasteiger partial charge in [-0.2, -0.15) is 0 Å². The van der Waals surface area contributed by atoms with Gasteiger partial charge >= 0.3 is 0 Å². The number of hydrogen-bond donors (Lipinski definition) is 1. The van der Waals surface area contributed by atoms with Gasteiger partial charge in [0.2, 0.25) is 0 Å². The van der Waals surface area contributed by atoms with E-state index in [0.717, 1.165) is 32.7 Å². The van der Waals surface area contributed by atoms with Gasteiger partial charge < -0.3 is 9.84 Å². The Hall–Kier alpha value is -1.63. The number of aromatic nitrogens is 1. The van der Waals surface area contributed by atoms with Crippen molar-refractivity contribution in [3.63, 3.8) is 0 Å². The van der Waals surface area contributed by atoms with Crippen LogP contribution < -0.4 is 4.74 Å². The van der Waals surface area contributed by atoms with E-state index >= 15 is 0 Å². The molecule has 3 rings (SSSR count). The first-order valence-electron chi connectivity index (χ1n) is 7.89. The molecule has 1 atom stereocenters. The number of phenolic OH excluding ortho intramolecular Hbond substituents is 1. The molecule has 5 nitrogen and oxygen atoms in total. The molecule has 2 heterocycles. The monoisotopic (exact) mass is 333 g/mol. The fourth-order valence-corrected chi connectivity index (χ4v) is 3.71. The molecule has 23 heavy (non-hydrogen) atoms. The third-order valence-electron chi connectivity index (χ3n) is 4.41. The molecule has 1 aromatic carbocycles. The lowest BCUT2D eigenvalue weighted by Crippen LogP contribution is -2.46. The Morgan fingerprint density at radius 3 is 2.74 bits per heavy atom. The van der Waals surface area contributed by atoms with Crippen molar-refractivity contribution in [3.8, 4) is 11.5 Å². The molecule has 2 aromatic rings. The van der Waals surface area contributed by atoms with Gasteiger partial charge in [-0.1, -0.05) is 6.07 Å². The first kappa shape index (κ1) is 16.2. The molecule has 0 unspecified atom stereocenters. The first-order valence-corrected chi connectivity index (χ1v) is 8.77. The molecule has 1 saturated heterocycles. The Morgan fingerprint density at radius 1 is 1.30 bits per heavy atom. The third-order valence-corrected chi connectivity index (χ3v) is 5.36. The standard InChI is InChI=1S/C17H23N3O2S/c1-13(17-18-5-10-23-17)20-8-6-19(7-9-20)12-14-3-4-15(21)16(11-14)22-2/h3-5,10-11,13,21H,6-9,12H2,1-2H3/t13-/m0/s1. The van der Waals surface area contributed by atoms with Crippen LogP contribution in [-0.4, -0.2) is 53.2 Å². The van der Waals surface area contributed by atoms with Crippen LogP contribution in [0.3, 0.4) is 0 Å². The van der Waals surface area contributed by atoms with Gasteiger partial charge in [-0.15, -0.1) is 11.3 Å². The lowest BCUT2D eigenvalue weighted by Gasteiger charge is -2.37. The number of thiazole rings is 1. The van der Waals surface area contributed by atoms with Crippen molar-refractivity contribution in [2.24, 2.45) is 0 Å². The van der Waals surface area contributed by atoms with Crippen molar-refractivity contribution in [2.75, 3.05) is 33.3 Å². The van der Waals surface area contributed by atoms with Gasteiger partial charge in [0.05, 0.1) is 13.2 Å². The molecule has 1 fully saturated rings. The normalized spacial score (nSPS) is 18.0. The number of ether oxygens (including phenoxy) is 1. The Bertz CT molecular complexity index is 625. The second-order valence-electron chi connectivity index (χ2n) is 5.86. The summed E-state index contributed by atoms with van der Waals surface area (Å²) in [5, 5.41) is 12.9. The predicted molar refractivity (Wildman–Crippen MR) is 92.0 cm³/mol. The van der Waals surface area contributed by atoms with Crippen LogP contribution in [0.5, 0.6) is 11.5 Å². The van der Waals surface area contributed by atoms with Crippen LogP contribution >= 0.6 is 11.3 Å². The maximum atomic E-state index is 9.68. The molecule has 124 valence electrons. The van der Waals surface area contributed by atoms with Gasteiger partial charge in [0.1, 0.15) is 5.01 Å². The van der Waals surface area contributed by atoms with Crippen LogP contribution in [0.15, 0.2) is 29.8 Å². The van der Waals surface area contributed by atoms with Crippen LogP contribution in [0.1, 0.15) is 23.5 Å². The van der Waals surface area contributed by atoms with Crippen LogP contribution in [0.4, 0.5) is 0 Å². The Balaban J connectivity index is 1.55. The highest BCUT2D eigenvalue weighted by atomic mass is 32.1. The largest absolute Gasteiger partial charge is 0.504 e. The number of piperazine rings is 1. The molecule has 0 radical (unpaired) electrons. The van der Waals surface area contributed by atoms with Crippen LogP contribution in [0.2, 0.25) is 0 Å². The Labute approximate surface area is 141 Å². The van der Waals surface area contributed by atoms with Crippen molar-refractivity contribution in [2.45, 2.75) is 19.5 Å². The molecule has 0 amide bonds. The molecule has 1 aromatic heterocycles. The fraction of sp³-hybridized carbons (Fsp3) is 0.471. The minimum atomic E-state index is 0.193. The zero-order chi connectivity index (χ0) is 16.2. The van der Waals surface area contributed by atoms with Gasteiger partial charge in [0.15, 0.2) is 11.5 Å². The molecule has 0 saturated carbocycles. The average molecular weight is 333 g/mol. The highest BCUT2D eigenvalue weighted by molar-refractivity contribution is 7.09. The van der Waals surface area contributed by atoms with E-state index < -0.39 is 0 Å². The summed E-state index contributed by atoms with van der Waals surface area (Å²) in [7, 11) is 1.58. The molecule has 1 aliphatic heterocycles. The van der Waals surface area contributed by atoms with E-state index in [1.54, 1.807) is 24.5 Å². The van der Waals surface area contributed by atoms with Gasteiger partial charge in [-0.05, 0) is 24.6 Å². The van der Waals surface area contributed by atoms with E-state index in [9.17, 15) is 5.11 Å². The minimum absolute atomic E-state index is 0.193. The summed E-state index contributed by atoms with van der Waals surface area (Å²) in [6.45, 7) is 7.30. The second kappa shape index (κ2) is 7.29. The molecule has 1 aliphatic rings. The van der Waals surface area contributed by atoms with Crippen molar-refractivity contribution in [1.82, 2.24) is 14.8 Å². The third kappa shape index (κ3) is 3.83. The summed E-state index contributed by atoms with van der Waals surface area (Å²) in [4.78, 5) is 9.37. The lowest BCUT2D eigenvalue weighted by molar-refractivity contribution is 0.0977. The number of methoxy groups -OCH3 is 1. The zero-order valence-corrected chi connectivity index (χ0v) is 14.4. The van der Waals surface area contributed by atoms with E-state index in [1.165, 1.54) is 10.6 Å². The maximum Gasteiger partial charge on any atom is 0.160 e. The van der Waals surface area contributed by atoms with Crippen molar-refractivity contribution >= 4 is 11.3 Å². The summed E-state index contributed by atoms with van der Waals surface area (Å²) in [6, 6.07) is 5.97. The van der Waals surface area contributed by atoms with Gasteiger partial charge in [-0.25, -0.2) is 4.98 Å². The Morgan fingerprint density at radius 2 is 2.09 bits per heavy atom. The van der Waals surface area contributed by atoms with Gasteiger partial charge in [0, 0.05) is 44.3 Å². The Kier molecular flexibility index (Phi) is 5.15. The summed E-state index contributed by atoms with van der Waals surface area (Å²) < 4.78 is 5.18. The summed E-state index contributed by atoms with van der Waals surface area (Å²) in [5.74, 6) is 0.733.